The fourth-order valence-corrected chi connectivity index (χ4v) is 12.2. The molecule has 0 unspecified atom stereocenters. The van der Waals surface area contributed by atoms with Gasteiger partial charge in [0.15, 0.2) is 0 Å². The van der Waals surface area contributed by atoms with E-state index in [0.717, 1.165) is 0 Å². The standard InChI is InChI=1S/C34H52S4/c1-5-9-11-13-15-17-19-21-23-25-27(7-3)35-31-29(25)37-34-32-30(38-33(31)34)26(28(8-4)36-32)24-22-20-18-16-14-12-10-6-2/h5-24H2,1-4H3. The van der Waals surface area contributed by atoms with Gasteiger partial charge < -0.3 is 0 Å². The van der Waals surface area contributed by atoms with Crippen LogP contribution in [0.25, 0.3) is 28.2 Å². The Balaban J connectivity index is 1.43. The van der Waals surface area contributed by atoms with Crippen molar-refractivity contribution >= 4 is 73.5 Å². The molecule has 0 saturated heterocycles. The SMILES string of the molecule is CCCCCCCCCCc1c(CC)sc2c1sc1c3sc(CC)c(CCCCCCCCCC)c3sc21. The lowest BCUT2D eigenvalue weighted by molar-refractivity contribution is 0.576. The summed E-state index contributed by atoms with van der Waals surface area (Å²) in [5.41, 5.74) is 3.43. The molecule has 0 spiro atoms. The normalized spacial score (nSPS) is 12.2. The molecule has 0 aliphatic heterocycles. The van der Waals surface area contributed by atoms with Crippen LogP contribution in [0.3, 0.4) is 0 Å². The molecule has 0 bridgehead atoms. The van der Waals surface area contributed by atoms with E-state index in [4.69, 9.17) is 0 Å². The maximum atomic E-state index is 2.37. The van der Waals surface area contributed by atoms with E-state index in [2.05, 4.69) is 73.0 Å². The van der Waals surface area contributed by atoms with Gasteiger partial charge in [-0.25, -0.2) is 0 Å². The average Bonchev–Trinajstić information content (AvgIpc) is 3.64. The predicted molar refractivity (Wildman–Crippen MR) is 182 cm³/mol. The molecule has 4 aromatic heterocycles. The summed E-state index contributed by atoms with van der Waals surface area (Å²) in [5, 5.41) is 0. The number of unbranched alkanes of at least 4 members (excludes halogenated alkanes) is 14. The summed E-state index contributed by atoms with van der Waals surface area (Å²) in [4.78, 5) is 3.34. The Kier molecular flexibility index (Phi) is 13.0. The van der Waals surface area contributed by atoms with E-state index in [0.29, 0.717) is 0 Å². The van der Waals surface area contributed by atoms with Crippen molar-refractivity contribution in [2.24, 2.45) is 0 Å². The molecule has 38 heavy (non-hydrogen) atoms. The first-order valence-corrected chi connectivity index (χ1v) is 19.4. The van der Waals surface area contributed by atoms with Crippen LogP contribution in [0.4, 0.5) is 0 Å². The Labute approximate surface area is 249 Å². The molecule has 0 atom stereocenters. The van der Waals surface area contributed by atoms with Crippen LogP contribution in [0.5, 0.6) is 0 Å². The first kappa shape index (κ1) is 30.5. The van der Waals surface area contributed by atoms with Gasteiger partial charge in [-0.3, -0.25) is 0 Å². The Morgan fingerprint density at radius 3 is 1.00 bits per heavy atom. The van der Waals surface area contributed by atoms with Crippen LogP contribution in [0.1, 0.15) is 151 Å². The van der Waals surface area contributed by atoms with Gasteiger partial charge in [-0.15, -0.1) is 45.3 Å². The zero-order valence-corrected chi connectivity index (χ0v) is 28.0. The van der Waals surface area contributed by atoms with Gasteiger partial charge in [-0.2, -0.15) is 0 Å². The van der Waals surface area contributed by atoms with Crippen molar-refractivity contribution in [2.75, 3.05) is 0 Å². The van der Waals surface area contributed by atoms with Crippen molar-refractivity contribution in [3.63, 3.8) is 0 Å². The second-order valence-electron chi connectivity index (χ2n) is 11.3. The molecule has 0 fully saturated rings. The number of rotatable bonds is 20. The molecular formula is C34H52S4. The molecule has 212 valence electrons. The molecule has 4 heterocycles. The van der Waals surface area contributed by atoms with Crippen LogP contribution >= 0.6 is 45.3 Å². The molecule has 4 aromatic rings. The van der Waals surface area contributed by atoms with Gasteiger partial charge in [0, 0.05) is 9.75 Å². The smallest absolute Gasteiger partial charge is 0.0651 e. The third-order valence-electron chi connectivity index (χ3n) is 8.31. The van der Waals surface area contributed by atoms with Crippen molar-refractivity contribution in [2.45, 2.75) is 156 Å². The predicted octanol–water partition coefficient (Wildman–Crippen LogP) is 13.9. The molecular weight excluding hydrogens is 537 g/mol. The molecule has 0 nitrogen and oxygen atoms in total. The van der Waals surface area contributed by atoms with E-state index in [1.54, 1.807) is 49.1 Å². The molecule has 0 aliphatic carbocycles. The lowest BCUT2D eigenvalue weighted by Crippen LogP contribution is -1.89. The van der Waals surface area contributed by atoms with Crippen molar-refractivity contribution in [1.29, 1.82) is 0 Å². The minimum Gasteiger partial charge on any atom is -0.138 e. The number of fused-ring (bicyclic) bond motifs is 5. The Morgan fingerprint density at radius 2 is 0.658 bits per heavy atom. The molecule has 0 saturated carbocycles. The second kappa shape index (κ2) is 16.1. The first-order chi connectivity index (χ1) is 18.7. The maximum absolute atomic E-state index is 2.37. The molecule has 4 rings (SSSR count). The molecule has 0 aliphatic rings. The Bertz CT molecular complexity index is 1130. The minimum atomic E-state index is 1.20. The van der Waals surface area contributed by atoms with Gasteiger partial charge in [0.2, 0.25) is 0 Å². The zero-order valence-electron chi connectivity index (χ0n) is 24.8. The molecule has 0 aromatic carbocycles. The molecule has 0 amide bonds. The summed E-state index contributed by atoms with van der Waals surface area (Å²) in [6, 6.07) is 0. The topological polar surface area (TPSA) is 0 Å². The fraction of sp³-hybridized carbons (Fsp3) is 0.706. The summed E-state index contributed by atoms with van der Waals surface area (Å²) >= 11 is 8.55. The van der Waals surface area contributed by atoms with Crippen LogP contribution in [0, 0.1) is 0 Å². The minimum absolute atomic E-state index is 1.20. The van der Waals surface area contributed by atoms with Gasteiger partial charge in [0.05, 0.1) is 28.2 Å². The first-order valence-electron chi connectivity index (χ1n) is 16.1. The summed E-state index contributed by atoms with van der Waals surface area (Å²) < 4.78 is 9.78. The summed E-state index contributed by atoms with van der Waals surface area (Å²) in [6.45, 7) is 9.36. The van der Waals surface area contributed by atoms with Crippen LogP contribution in [-0.2, 0) is 25.7 Å². The van der Waals surface area contributed by atoms with Gasteiger partial charge in [-0.1, -0.05) is 118 Å². The number of thiophene rings is 4. The van der Waals surface area contributed by atoms with E-state index in [-0.39, 0.29) is 0 Å². The largest absolute Gasteiger partial charge is 0.138 e. The Morgan fingerprint density at radius 1 is 0.342 bits per heavy atom. The van der Waals surface area contributed by atoms with Gasteiger partial charge >= 0.3 is 0 Å². The lowest BCUT2D eigenvalue weighted by Gasteiger charge is -2.04. The van der Waals surface area contributed by atoms with Crippen LogP contribution in [0.2, 0.25) is 0 Å². The van der Waals surface area contributed by atoms with E-state index < -0.39 is 0 Å². The highest BCUT2D eigenvalue weighted by molar-refractivity contribution is 7.44. The van der Waals surface area contributed by atoms with Gasteiger partial charge in [0.1, 0.15) is 0 Å². The van der Waals surface area contributed by atoms with E-state index >= 15 is 0 Å². The van der Waals surface area contributed by atoms with Crippen molar-refractivity contribution < 1.29 is 0 Å². The van der Waals surface area contributed by atoms with E-state index in [1.165, 1.54) is 128 Å². The maximum Gasteiger partial charge on any atom is 0.0651 e. The third kappa shape index (κ3) is 7.45. The highest BCUT2D eigenvalue weighted by atomic mass is 32.1. The molecule has 4 heteroatoms. The van der Waals surface area contributed by atoms with Crippen LogP contribution in [-0.4, -0.2) is 0 Å². The fourth-order valence-electron chi connectivity index (χ4n) is 6.05. The number of hydrogen-bond acceptors (Lipinski definition) is 4. The van der Waals surface area contributed by atoms with Crippen molar-refractivity contribution in [3.8, 4) is 0 Å². The highest BCUT2D eigenvalue weighted by Gasteiger charge is 2.23. The number of aryl methyl sites for hydroxylation is 4. The lowest BCUT2D eigenvalue weighted by atomic mass is 10.0. The van der Waals surface area contributed by atoms with Crippen molar-refractivity contribution in [3.05, 3.63) is 20.9 Å². The van der Waals surface area contributed by atoms with E-state index in [1.807, 2.05) is 0 Å². The van der Waals surface area contributed by atoms with Gasteiger partial charge in [-0.05, 0) is 49.7 Å². The molecule has 0 radical (unpaired) electrons. The summed E-state index contributed by atoms with van der Waals surface area (Å²) in [6.07, 6.45) is 27.6. The quantitative estimate of drug-likeness (QED) is 0.0901. The van der Waals surface area contributed by atoms with Crippen LogP contribution in [0.15, 0.2) is 0 Å². The van der Waals surface area contributed by atoms with Gasteiger partial charge in [0.25, 0.3) is 0 Å². The highest BCUT2D eigenvalue weighted by Crippen LogP contribution is 2.53. The number of hydrogen-bond donors (Lipinski definition) is 0. The van der Waals surface area contributed by atoms with Crippen molar-refractivity contribution in [1.82, 2.24) is 0 Å². The molecule has 0 N–H and O–H groups in total. The third-order valence-corrected chi connectivity index (χ3v) is 14.3. The Hall–Kier alpha value is -0.420. The van der Waals surface area contributed by atoms with Crippen LogP contribution < -0.4 is 0 Å². The van der Waals surface area contributed by atoms with E-state index in [9.17, 15) is 0 Å². The summed E-state index contributed by atoms with van der Waals surface area (Å²) in [7, 11) is 0. The zero-order chi connectivity index (χ0) is 26.7. The monoisotopic (exact) mass is 588 g/mol. The summed E-state index contributed by atoms with van der Waals surface area (Å²) in [5.74, 6) is 0. The second-order valence-corrected chi connectivity index (χ2v) is 15.6. The average molecular weight is 589 g/mol.